The van der Waals surface area contributed by atoms with Gasteiger partial charge in [-0.05, 0) is 12.3 Å². The molecule has 0 aromatic carbocycles. The van der Waals surface area contributed by atoms with E-state index in [1.165, 1.54) is 0 Å². The molecule has 0 radical (unpaired) electrons. The van der Waals surface area contributed by atoms with E-state index in [1.54, 1.807) is 0 Å². The first-order valence-electron chi connectivity index (χ1n) is 3.84. The average molecular weight is 154 g/mol. The molecular formula is C9H14O2. The van der Waals surface area contributed by atoms with E-state index < -0.39 is 5.97 Å². The standard InChI is InChI=1S/C9H14O2/c1-8(2)6-4-3-5-7-9(10)11/h8H,3-4,6H2,1-2H3,(H,10,11). The van der Waals surface area contributed by atoms with Crippen LogP contribution in [0.1, 0.15) is 33.1 Å². The molecule has 0 bridgehead atoms. The lowest BCUT2D eigenvalue weighted by Crippen LogP contribution is -1.88. The summed E-state index contributed by atoms with van der Waals surface area (Å²) in [5.41, 5.74) is 0. The first-order valence-corrected chi connectivity index (χ1v) is 3.84. The highest BCUT2D eigenvalue weighted by Crippen LogP contribution is 2.04. The summed E-state index contributed by atoms with van der Waals surface area (Å²) in [6.45, 7) is 4.29. The molecule has 2 heteroatoms. The van der Waals surface area contributed by atoms with E-state index in [9.17, 15) is 4.79 Å². The number of hydrogen-bond donors (Lipinski definition) is 1. The van der Waals surface area contributed by atoms with Gasteiger partial charge in [0.2, 0.25) is 0 Å². The third-order valence-electron chi connectivity index (χ3n) is 1.28. The summed E-state index contributed by atoms with van der Waals surface area (Å²) in [4.78, 5) is 9.92. The molecule has 0 aromatic heterocycles. The van der Waals surface area contributed by atoms with Crippen molar-refractivity contribution < 1.29 is 9.90 Å². The van der Waals surface area contributed by atoms with E-state index >= 15 is 0 Å². The molecule has 0 amide bonds. The Hall–Kier alpha value is -0.970. The van der Waals surface area contributed by atoms with Crippen LogP contribution in [0.4, 0.5) is 0 Å². The maximum atomic E-state index is 9.92. The SMILES string of the molecule is CC(C)CCCC#CC(=O)O. The lowest BCUT2D eigenvalue weighted by molar-refractivity contribution is -0.130. The fourth-order valence-corrected chi connectivity index (χ4v) is 0.737. The molecule has 0 unspecified atom stereocenters. The molecular weight excluding hydrogens is 140 g/mol. The number of carboxylic acid groups (broad SMARTS) is 1. The van der Waals surface area contributed by atoms with Gasteiger partial charge in [-0.3, -0.25) is 0 Å². The molecule has 2 nitrogen and oxygen atoms in total. The van der Waals surface area contributed by atoms with Crippen molar-refractivity contribution in [3.05, 3.63) is 0 Å². The van der Waals surface area contributed by atoms with E-state index in [1.807, 2.05) is 0 Å². The molecule has 62 valence electrons. The van der Waals surface area contributed by atoms with Gasteiger partial charge in [0.15, 0.2) is 0 Å². The van der Waals surface area contributed by atoms with Gasteiger partial charge in [-0.1, -0.05) is 26.2 Å². The van der Waals surface area contributed by atoms with Gasteiger partial charge >= 0.3 is 5.97 Å². The summed E-state index contributed by atoms with van der Waals surface area (Å²) in [6.07, 6.45) is 2.82. The Bertz CT molecular complexity index is 172. The van der Waals surface area contributed by atoms with Gasteiger partial charge in [-0.15, -0.1) is 0 Å². The zero-order valence-corrected chi connectivity index (χ0v) is 7.05. The van der Waals surface area contributed by atoms with E-state index in [2.05, 4.69) is 25.7 Å². The van der Waals surface area contributed by atoms with Gasteiger partial charge in [-0.25, -0.2) is 4.79 Å². The highest BCUT2D eigenvalue weighted by molar-refractivity contribution is 5.86. The van der Waals surface area contributed by atoms with E-state index in [0.29, 0.717) is 12.3 Å². The summed E-state index contributed by atoms with van der Waals surface area (Å²) in [7, 11) is 0. The Morgan fingerprint density at radius 1 is 1.55 bits per heavy atom. The molecule has 0 aliphatic carbocycles. The van der Waals surface area contributed by atoms with Crippen molar-refractivity contribution in [1.29, 1.82) is 0 Å². The minimum atomic E-state index is -1.03. The number of carbonyl (C=O) groups is 1. The van der Waals surface area contributed by atoms with Crippen LogP contribution in [-0.4, -0.2) is 11.1 Å². The van der Waals surface area contributed by atoms with Crippen LogP contribution in [0.15, 0.2) is 0 Å². The number of rotatable bonds is 3. The molecule has 0 spiro atoms. The molecule has 0 aliphatic heterocycles. The first kappa shape index (κ1) is 10.0. The average Bonchev–Trinajstić information content (AvgIpc) is 1.85. The van der Waals surface area contributed by atoms with Crippen LogP contribution in [0.25, 0.3) is 0 Å². The van der Waals surface area contributed by atoms with Gasteiger partial charge < -0.3 is 5.11 Å². The van der Waals surface area contributed by atoms with Crippen LogP contribution in [0.3, 0.4) is 0 Å². The van der Waals surface area contributed by atoms with Crippen LogP contribution < -0.4 is 0 Å². The fourth-order valence-electron chi connectivity index (χ4n) is 0.737. The normalized spacial score (nSPS) is 9.00. The van der Waals surface area contributed by atoms with Crippen LogP contribution in [-0.2, 0) is 4.79 Å². The predicted octanol–water partition coefficient (Wildman–Crippen LogP) is 1.90. The fraction of sp³-hybridized carbons (Fsp3) is 0.667. The largest absolute Gasteiger partial charge is 0.472 e. The lowest BCUT2D eigenvalue weighted by Gasteiger charge is -1.98. The zero-order chi connectivity index (χ0) is 8.69. The second-order valence-corrected chi connectivity index (χ2v) is 2.89. The van der Waals surface area contributed by atoms with Crippen molar-refractivity contribution in [3.63, 3.8) is 0 Å². The molecule has 0 atom stereocenters. The van der Waals surface area contributed by atoms with Crippen molar-refractivity contribution in [3.8, 4) is 11.8 Å². The summed E-state index contributed by atoms with van der Waals surface area (Å²) >= 11 is 0. The smallest absolute Gasteiger partial charge is 0.381 e. The van der Waals surface area contributed by atoms with E-state index in [4.69, 9.17) is 5.11 Å². The first-order chi connectivity index (χ1) is 5.13. The second-order valence-electron chi connectivity index (χ2n) is 2.89. The van der Waals surface area contributed by atoms with Crippen molar-refractivity contribution in [2.45, 2.75) is 33.1 Å². The topological polar surface area (TPSA) is 37.3 Å². The Kier molecular flexibility index (Phi) is 5.28. The Morgan fingerprint density at radius 3 is 2.64 bits per heavy atom. The van der Waals surface area contributed by atoms with Crippen molar-refractivity contribution in [2.75, 3.05) is 0 Å². The van der Waals surface area contributed by atoms with Crippen molar-refractivity contribution in [2.24, 2.45) is 5.92 Å². The van der Waals surface area contributed by atoms with Crippen molar-refractivity contribution >= 4 is 5.97 Å². The monoisotopic (exact) mass is 154 g/mol. The van der Waals surface area contributed by atoms with Crippen LogP contribution >= 0.6 is 0 Å². The summed E-state index contributed by atoms with van der Waals surface area (Å²) in [5.74, 6) is 4.33. The maximum Gasteiger partial charge on any atom is 0.381 e. The summed E-state index contributed by atoms with van der Waals surface area (Å²) < 4.78 is 0. The van der Waals surface area contributed by atoms with Crippen LogP contribution in [0.5, 0.6) is 0 Å². The number of unbranched alkanes of at least 4 members (excludes halogenated alkanes) is 1. The molecule has 1 N–H and O–H groups in total. The number of hydrogen-bond acceptors (Lipinski definition) is 1. The minimum absolute atomic E-state index is 0.682. The molecule has 11 heavy (non-hydrogen) atoms. The summed E-state index contributed by atoms with van der Waals surface area (Å²) in [5, 5.41) is 8.15. The molecule has 0 fully saturated rings. The Balaban J connectivity index is 3.29. The zero-order valence-electron chi connectivity index (χ0n) is 7.05. The van der Waals surface area contributed by atoms with E-state index in [-0.39, 0.29) is 0 Å². The molecule has 0 aliphatic rings. The van der Waals surface area contributed by atoms with Crippen molar-refractivity contribution in [1.82, 2.24) is 0 Å². The highest BCUT2D eigenvalue weighted by Gasteiger charge is 1.91. The van der Waals surface area contributed by atoms with Gasteiger partial charge in [0.05, 0.1) is 0 Å². The maximum absolute atomic E-state index is 9.92. The number of carboxylic acids is 1. The third-order valence-corrected chi connectivity index (χ3v) is 1.28. The van der Waals surface area contributed by atoms with E-state index in [0.717, 1.165) is 12.8 Å². The second kappa shape index (κ2) is 5.79. The quantitative estimate of drug-likeness (QED) is 0.498. The lowest BCUT2D eigenvalue weighted by atomic mass is 10.1. The third kappa shape index (κ3) is 9.03. The van der Waals surface area contributed by atoms with Crippen LogP contribution in [0.2, 0.25) is 0 Å². The molecule has 0 rings (SSSR count). The molecule has 0 saturated heterocycles. The predicted molar refractivity (Wildman–Crippen MR) is 44.1 cm³/mol. The Morgan fingerprint density at radius 2 is 2.18 bits per heavy atom. The van der Waals surface area contributed by atoms with Gasteiger partial charge in [0, 0.05) is 12.3 Å². The number of aliphatic carboxylic acids is 1. The highest BCUT2D eigenvalue weighted by atomic mass is 16.4. The van der Waals surface area contributed by atoms with Gasteiger partial charge in [0.1, 0.15) is 0 Å². The van der Waals surface area contributed by atoms with Crippen LogP contribution in [0, 0.1) is 17.8 Å². The molecule has 0 saturated carbocycles. The molecule has 0 aromatic rings. The molecule has 0 heterocycles. The summed E-state index contributed by atoms with van der Waals surface area (Å²) in [6, 6.07) is 0. The van der Waals surface area contributed by atoms with Gasteiger partial charge in [0.25, 0.3) is 0 Å². The van der Waals surface area contributed by atoms with Gasteiger partial charge in [-0.2, -0.15) is 0 Å². The minimum Gasteiger partial charge on any atom is -0.472 e. The Labute approximate surface area is 67.6 Å².